The number of nitrogens with two attached hydrogens (primary N) is 1. The number of rotatable bonds is 1. The van der Waals surface area contributed by atoms with Crippen LogP contribution in [0.2, 0.25) is 0 Å². The quantitative estimate of drug-likeness (QED) is 0.652. The van der Waals surface area contributed by atoms with Crippen molar-refractivity contribution in [2.45, 2.75) is 18.9 Å². The van der Waals surface area contributed by atoms with Gasteiger partial charge in [-0.05, 0) is 12.8 Å². The van der Waals surface area contributed by atoms with Gasteiger partial charge in [0.1, 0.15) is 0 Å². The summed E-state index contributed by atoms with van der Waals surface area (Å²) in [7, 11) is 0. The van der Waals surface area contributed by atoms with Crippen molar-refractivity contribution < 1.29 is 18.7 Å². The zero-order chi connectivity index (χ0) is 10.0. The van der Waals surface area contributed by atoms with Crippen molar-refractivity contribution in [2.75, 3.05) is 0 Å². The molecule has 3 N–H and O–H groups in total. The maximum atomic E-state index is 12.1. The molecule has 0 fully saturated rings. The average molecular weight is 189 g/mol. The summed E-state index contributed by atoms with van der Waals surface area (Å²) in [5.41, 5.74) is 5.31. The van der Waals surface area contributed by atoms with Crippen molar-refractivity contribution in [1.29, 1.82) is 0 Å². The second-order valence-electron chi connectivity index (χ2n) is 2.83. The molecule has 1 rings (SSSR count). The van der Waals surface area contributed by atoms with E-state index in [1.54, 1.807) is 0 Å². The van der Waals surface area contributed by atoms with E-state index in [1.165, 1.54) is 6.08 Å². The molecule has 0 radical (unpaired) electrons. The van der Waals surface area contributed by atoms with Gasteiger partial charge in [0.2, 0.25) is 0 Å². The number of aliphatic carboxylic acids is 1. The average Bonchev–Trinajstić information content (AvgIpc) is 2.03. The van der Waals surface area contributed by atoms with Crippen molar-refractivity contribution in [3.8, 4) is 0 Å². The number of hydrogen-bond donors (Lipinski definition) is 2. The summed E-state index contributed by atoms with van der Waals surface area (Å²) in [5, 5.41) is 8.55. The van der Waals surface area contributed by atoms with Crippen LogP contribution in [0, 0.1) is 0 Å². The van der Waals surface area contributed by atoms with Crippen molar-refractivity contribution in [3.05, 3.63) is 23.3 Å². The largest absolute Gasteiger partial charge is 0.478 e. The van der Waals surface area contributed by atoms with E-state index in [4.69, 9.17) is 10.8 Å². The third-order valence-corrected chi connectivity index (χ3v) is 1.97. The van der Waals surface area contributed by atoms with Crippen molar-refractivity contribution in [3.63, 3.8) is 0 Å². The first kappa shape index (κ1) is 9.85. The van der Waals surface area contributed by atoms with Gasteiger partial charge in [-0.3, -0.25) is 0 Å². The minimum absolute atomic E-state index is 0.0258. The molecule has 13 heavy (non-hydrogen) atoms. The first-order chi connectivity index (χ1) is 6.02. The predicted octanol–water partition coefficient (Wildman–Crippen LogP) is 1.27. The van der Waals surface area contributed by atoms with Gasteiger partial charge in [-0.15, -0.1) is 0 Å². The van der Waals surface area contributed by atoms with Crippen LogP contribution < -0.4 is 5.73 Å². The molecule has 1 aliphatic carbocycles. The van der Waals surface area contributed by atoms with Crippen LogP contribution in [-0.2, 0) is 4.79 Å². The fourth-order valence-corrected chi connectivity index (χ4v) is 1.22. The zero-order valence-electron chi connectivity index (χ0n) is 6.76. The normalized spacial score (nSPS) is 22.5. The topological polar surface area (TPSA) is 63.3 Å². The van der Waals surface area contributed by atoms with Gasteiger partial charge in [-0.2, -0.15) is 8.78 Å². The molecule has 0 bridgehead atoms. The monoisotopic (exact) mass is 189 g/mol. The fourth-order valence-electron chi connectivity index (χ4n) is 1.22. The highest BCUT2D eigenvalue weighted by atomic mass is 19.3. The summed E-state index contributed by atoms with van der Waals surface area (Å²) in [6.07, 6.45) is -0.610. The van der Waals surface area contributed by atoms with Gasteiger partial charge in [-0.1, -0.05) is 6.08 Å². The molecule has 0 aromatic rings. The molecule has 5 heteroatoms. The Labute approximate surface area is 73.5 Å². The third kappa shape index (κ3) is 2.12. The van der Waals surface area contributed by atoms with Crippen LogP contribution in [0.4, 0.5) is 8.78 Å². The molecule has 3 nitrogen and oxygen atoms in total. The lowest BCUT2D eigenvalue weighted by Crippen LogP contribution is -2.28. The van der Waals surface area contributed by atoms with Gasteiger partial charge in [0.05, 0.1) is 0 Å². The second kappa shape index (κ2) is 3.66. The molecule has 1 unspecified atom stereocenters. The number of carboxylic acid groups (broad SMARTS) is 1. The highest BCUT2D eigenvalue weighted by molar-refractivity contribution is 5.87. The van der Waals surface area contributed by atoms with Gasteiger partial charge in [-0.25, -0.2) is 4.79 Å². The molecule has 0 aliphatic heterocycles. The van der Waals surface area contributed by atoms with Crippen molar-refractivity contribution >= 4 is 5.97 Å². The van der Waals surface area contributed by atoms with E-state index in [1.807, 2.05) is 0 Å². The van der Waals surface area contributed by atoms with E-state index in [0.29, 0.717) is 0 Å². The van der Waals surface area contributed by atoms with Gasteiger partial charge >= 0.3 is 5.97 Å². The summed E-state index contributed by atoms with van der Waals surface area (Å²) >= 11 is 0. The Balaban J connectivity index is 2.87. The molecule has 72 valence electrons. The number of allylic oxidation sites excluding steroid dienone is 1. The smallest absolute Gasteiger partial charge is 0.331 e. The third-order valence-electron chi connectivity index (χ3n) is 1.97. The van der Waals surface area contributed by atoms with E-state index in [0.717, 1.165) is 0 Å². The van der Waals surface area contributed by atoms with Gasteiger partial charge in [0.15, 0.2) is 0 Å². The standard InChI is InChI=1S/C8H9F2NO2/c9-7(10)5-2-1-4(8(12)13)3-6(5)11/h1,6H,2-3,11H2,(H,12,13). The molecular weight excluding hydrogens is 180 g/mol. The molecule has 0 amide bonds. The lowest BCUT2D eigenvalue weighted by Gasteiger charge is -2.19. The highest BCUT2D eigenvalue weighted by Crippen LogP contribution is 2.25. The van der Waals surface area contributed by atoms with Crippen LogP contribution in [0.5, 0.6) is 0 Å². The number of hydrogen-bond acceptors (Lipinski definition) is 2. The molecule has 0 saturated heterocycles. The molecule has 0 spiro atoms. The number of carboxylic acids is 1. The molecule has 1 atom stereocenters. The number of carbonyl (C=O) groups is 1. The number of halogens is 2. The molecule has 0 aromatic carbocycles. The van der Waals surface area contributed by atoms with Crippen LogP contribution in [-0.4, -0.2) is 17.1 Å². The van der Waals surface area contributed by atoms with Crippen LogP contribution in [0.15, 0.2) is 23.3 Å². The minimum Gasteiger partial charge on any atom is -0.478 e. The van der Waals surface area contributed by atoms with E-state index < -0.39 is 18.1 Å². The van der Waals surface area contributed by atoms with Crippen molar-refractivity contribution in [1.82, 2.24) is 0 Å². The first-order valence-electron chi connectivity index (χ1n) is 3.74. The van der Waals surface area contributed by atoms with Crippen LogP contribution in [0.3, 0.4) is 0 Å². The van der Waals surface area contributed by atoms with E-state index in [-0.39, 0.29) is 24.0 Å². The van der Waals surface area contributed by atoms with Crippen molar-refractivity contribution in [2.24, 2.45) is 5.73 Å². The lowest BCUT2D eigenvalue weighted by molar-refractivity contribution is -0.132. The maximum absolute atomic E-state index is 12.1. The summed E-state index contributed by atoms with van der Waals surface area (Å²) in [6.45, 7) is 0. The van der Waals surface area contributed by atoms with Gasteiger partial charge < -0.3 is 10.8 Å². The van der Waals surface area contributed by atoms with Crippen LogP contribution in [0.1, 0.15) is 12.8 Å². The Bertz CT molecular complexity index is 293. The van der Waals surface area contributed by atoms with Gasteiger partial charge in [0.25, 0.3) is 6.08 Å². The minimum atomic E-state index is -1.80. The Morgan fingerprint density at radius 1 is 1.62 bits per heavy atom. The summed E-state index contributed by atoms with van der Waals surface area (Å²) in [6, 6.07) is -0.860. The maximum Gasteiger partial charge on any atom is 0.331 e. The van der Waals surface area contributed by atoms with E-state index in [2.05, 4.69) is 0 Å². The van der Waals surface area contributed by atoms with E-state index >= 15 is 0 Å². The SMILES string of the molecule is NC1CC(C(=O)O)=CCC1=C(F)F. The molecule has 0 aromatic heterocycles. The predicted molar refractivity (Wildman–Crippen MR) is 42.2 cm³/mol. The van der Waals surface area contributed by atoms with Crippen LogP contribution in [0.25, 0.3) is 0 Å². The molecular formula is C8H9F2NO2. The second-order valence-corrected chi connectivity index (χ2v) is 2.83. The lowest BCUT2D eigenvalue weighted by atomic mass is 9.91. The summed E-state index contributed by atoms with van der Waals surface area (Å²) in [5.74, 6) is -1.09. The Hall–Kier alpha value is -1.23. The van der Waals surface area contributed by atoms with E-state index in [9.17, 15) is 13.6 Å². The Kier molecular flexibility index (Phi) is 2.77. The zero-order valence-corrected chi connectivity index (χ0v) is 6.76. The molecule has 0 saturated carbocycles. The molecule has 1 aliphatic rings. The highest BCUT2D eigenvalue weighted by Gasteiger charge is 2.23. The summed E-state index contributed by atoms with van der Waals surface area (Å²) < 4.78 is 24.2. The molecule has 0 heterocycles. The Morgan fingerprint density at radius 2 is 2.23 bits per heavy atom. The Morgan fingerprint density at radius 3 is 2.62 bits per heavy atom. The van der Waals surface area contributed by atoms with Crippen LogP contribution >= 0.6 is 0 Å². The van der Waals surface area contributed by atoms with Gasteiger partial charge in [0, 0.05) is 17.2 Å². The summed E-state index contributed by atoms with van der Waals surface area (Å²) in [4.78, 5) is 10.4. The fraction of sp³-hybridized carbons (Fsp3) is 0.375. The first-order valence-corrected chi connectivity index (χ1v) is 3.74.